The van der Waals surface area contributed by atoms with Gasteiger partial charge in [0.05, 0.1) is 23.9 Å². The molecule has 2 heterocycles. The summed E-state index contributed by atoms with van der Waals surface area (Å²) >= 11 is 1.29. The molecule has 6 nitrogen and oxygen atoms in total. The minimum Gasteiger partial charge on any atom is -0.480 e. The molecule has 18 heavy (non-hydrogen) atoms. The smallest absolute Gasteiger partial charge is 0.328 e. The first-order valence-electron chi connectivity index (χ1n) is 5.56. The van der Waals surface area contributed by atoms with E-state index in [1.54, 1.807) is 6.92 Å². The summed E-state index contributed by atoms with van der Waals surface area (Å²) in [6.07, 6.45) is 0. The summed E-state index contributed by atoms with van der Waals surface area (Å²) in [4.78, 5) is 29.5. The van der Waals surface area contributed by atoms with Crippen LogP contribution in [0.4, 0.5) is 0 Å². The van der Waals surface area contributed by atoms with E-state index in [-0.39, 0.29) is 12.5 Å². The van der Waals surface area contributed by atoms with Gasteiger partial charge in [0.2, 0.25) is 0 Å². The predicted molar refractivity (Wildman–Crippen MR) is 64.9 cm³/mol. The van der Waals surface area contributed by atoms with Crippen molar-refractivity contribution in [1.82, 2.24) is 9.88 Å². The lowest BCUT2D eigenvalue weighted by molar-refractivity contribution is -0.147. The van der Waals surface area contributed by atoms with Gasteiger partial charge in [-0.3, -0.25) is 4.79 Å². The van der Waals surface area contributed by atoms with E-state index < -0.39 is 12.0 Å². The van der Waals surface area contributed by atoms with E-state index in [4.69, 9.17) is 9.84 Å². The Morgan fingerprint density at radius 3 is 2.78 bits per heavy atom. The third kappa shape index (κ3) is 2.37. The number of rotatable bonds is 2. The monoisotopic (exact) mass is 270 g/mol. The first kappa shape index (κ1) is 13.0. The molecule has 0 aliphatic carbocycles. The van der Waals surface area contributed by atoms with Crippen molar-refractivity contribution in [3.05, 3.63) is 15.6 Å². The highest BCUT2D eigenvalue weighted by Gasteiger charge is 2.34. The lowest BCUT2D eigenvalue weighted by atomic mass is 10.2. The number of hydrogen-bond acceptors (Lipinski definition) is 5. The summed E-state index contributed by atoms with van der Waals surface area (Å²) in [6, 6.07) is -0.909. The van der Waals surface area contributed by atoms with Crippen LogP contribution in [0.15, 0.2) is 0 Å². The first-order chi connectivity index (χ1) is 8.50. The second-order valence-electron chi connectivity index (χ2n) is 4.07. The molecule has 1 aromatic heterocycles. The van der Waals surface area contributed by atoms with Crippen molar-refractivity contribution in [3.8, 4) is 0 Å². The van der Waals surface area contributed by atoms with Crippen LogP contribution in [0.1, 0.15) is 20.4 Å². The summed E-state index contributed by atoms with van der Waals surface area (Å²) in [6.45, 7) is 4.28. The molecule has 1 aromatic rings. The molecule has 1 N–H and O–H groups in total. The van der Waals surface area contributed by atoms with E-state index in [1.165, 1.54) is 16.2 Å². The number of aryl methyl sites for hydroxylation is 2. The van der Waals surface area contributed by atoms with Crippen molar-refractivity contribution in [3.63, 3.8) is 0 Å². The number of aromatic nitrogens is 1. The standard InChI is InChI=1S/C11H14N2O4S/c1-6-9(18-7(2)12-6)10(14)13-3-4-17-5-8(13)11(15)16/h8H,3-5H2,1-2H3,(H,15,16)/t8-/m0/s1. The molecule has 1 aliphatic rings. The van der Waals surface area contributed by atoms with Gasteiger partial charge in [-0.25, -0.2) is 9.78 Å². The van der Waals surface area contributed by atoms with E-state index in [2.05, 4.69) is 4.98 Å². The van der Waals surface area contributed by atoms with Gasteiger partial charge in [-0.15, -0.1) is 11.3 Å². The topological polar surface area (TPSA) is 79.7 Å². The van der Waals surface area contributed by atoms with Crippen LogP contribution < -0.4 is 0 Å². The van der Waals surface area contributed by atoms with Crippen LogP contribution in [0.25, 0.3) is 0 Å². The fourth-order valence-corrected chi connectivity index (χ4v) is 2.79. The second kappa shape index (κ2) is 5.03. The number of aliphatic carboxylic acids is 1. The number of nitrogens with zero attached hydrogens (tertiary/aromatic N) is 2. The molecule has 0 unspecified atom stereocenters. The van der Waals surface area contributed by atoms with Gasteiger partial charge in [0.25, 0.3) is 5.91 Å². The van der Waals surface area contributed by atoms with Crippen LogP contribution in [0, 0.1) is 13.8 Å². The molecule has 0 radical (unpaired) electrons. The van der Waals surface area contributed by atoms with Crippen molar-refractivity contribution >= 4 is 23.2 Å². The third-order valence-electron chi connectivity index (χ3n) is 2.77. The number of carboxylic acids is 1. The summed E-state index contributed by atoms with van der Waals surface area (Å²) in [5.74, 6) is -1.31. The van der Waals surface area contributed by atoms with Crippen molar-refractivity contribution in [1.29, 1.82) is 0 Å². The van der Waals surface area contributed by atoms with Crippen LogP contribution in [0.3, 0.4) is 0 Å². The number of thiazole rings is 1. The lowest BCUT2D eigenvalue weighted by Crippen LogP contribution is -2.52. The van der Waals surface area contributed by atoms with Crippen LogP contribution in [-0.4, -0.2) is 52.7 Å². The van der Waals surface area contributed by atoms with Crippen LogP contribution in [-0.2, 0) is 9.53 Å². The highest BCUT2D eigenvalue weighted by Crippen LogP contribution is 2.21. The molecule has 0 bridgehead atoms. The largest absolute Gasteiger partial charge is 0.480 e. The Kier molecular flexibility index (Phi) is 3.63. The average Bonchev–Trinajstić information content (AvgIpc) is 2.67. The number of carbonyl (C=O) groups is 2. The number of carbonyl (C=O) groups excluding carboxylic acids is 1. The molecule has 1 atom stereocenters. The molecular formula is C11H14N2O4S. The molecule has 2 rings (SSSR count). The van der Waals surface area contributed by atoms with Gasteiger partial charge in [0.1, 0.15) is 4.88 Å². The molecule has 0 saturated carbocycles. The molecule has 1 saturated heterocycles. The fraction of sp³-hybridized carbons (Fsp3) is 0.545. The molecule has 1 fully saturated rings. The highest BCUT2D eigenvalue weighted by atomic mass is 32.1. The van der Waals surface area contributed by atoms with E-state index >= 15 is 0 Å². The Balaban J connectivity index is 2.26. The Morgan fingerprint density at radius 2 is 2.22 bits per heavy atom. The van der Waals surface area contributed by atoms with Crippen molar-refractivity contribution in [2.24, 2.45) is 0 Å². The number of carboxylic acid groups (broad SMARTS) is 1. The lowest BCUT2D eigenvalue weighted by Gasteiger charge is -2.32. The van der Waals surface area contributed by atoms with Crippen LogP contribution >= 0.6 is 11.3 Å². The zero-order valence-electron chi connectivity index (χ0n) is 10.2. The second-order valence-corrected chi connectivity index (χ2v) is 5.28. The minimum atomic E-state index is -1.04. The first-order valence-corrected chi connectivity index (χ1v) is 6.38. The number of morpholine rings is 1. The summed E-state index contributed by atoms with van der Waals surface area (Å²) < 4.78 is 5.11. The maximum Gasteiger partial charge on any atom is 0.328 e. The molecular weight excluding hydrogens is 256 g/mol. The zero-order chi connectivity index (χ0) is 13.3. The zero-order valence-corrected chi connectivity index (χ0v) is 11.0. The SMILES string of the molecule is Cc1nc(C)c(C(=O)N2CCOC[C@H]2C(=O)O)s1. The average molecular weight is 270 g/mol. The van der Waals surface area contributed by atoms with E-state index in [0.29, 0.717) is 23.7 Å². The summed E-state index contributed by atoms with van der Waals surface area (Å²) in [5, 5.41) is 9.89. The molecule has 98 valence electrons. The Bertz CT molecular complexity index is 485. The Labute approximate surface area is 108 Å². The molecule has 0 aromatic carbocycles. The molecule has 1 aliphatic heterocycles. The molecule has 0 spiro atoms. The van der Waals surface area contributed by atoms with Crippen LogP contribution in [0.2, 0.25) is 0 Å². The van der Waals surface area contributed by atoms with Gasteiger partial charge in [-0.1, -0.05) is 0 Å². The Hall–Kier alpha value is -1.47. The van der Waals surface area contributed by atoms with Crippen molar-refractivity contribution in [2.45, 2.75) is 19.9 Å². The normalized spacial score (nSPS) is 19.9. The van der Waals surface area contributed by atoms with E-state index in [1.807, 2.05) is 6.92 Å². The van der Waals surface area contributed by atoms with Gasteiger partial charge < -0.3 is 14.7 Å². The maximum atomic E-state index is 12.3. The highest BCUT2D eigenvalue weighted by molar-refractivity contribution is 7.13. The van der Waals surface area contributed by atoms with Gasteiger partial charge in [0.15, 0.2) is 6.04 Å². The molecule has 1 amide bonds. The van der Waals surface area contributed by atoms with Crippen molar-refractivity contribution in [2.75, 3.05) is 19.8 Å². The van der Waals surface area contributed by atoms with Crippen molar-refractivity contribution < 1.29 is 19.4 Å². The Morgan fingerprint density at radius 1 is 1.50 bits per heavy atom. The number of ether oxygens (including phenoxy) is 1. The fourth-order valence-electron chi connectivity index (χ4n) is 1.91. The van der Waals surface area contributed by atoms with Gasteiger partial charge >= 0.3 is 5.97 Å². The number of hydrogen-bond donors (Lipinski definition) is 1. The van der Waals surface area contributed by atoms with Gasteiger partial charge in [0, 0.05) is 6.54 Å². The minimum absolute atomic E-state index is 0.0396. The van der Waals surface area contributed by atoms with E-state index in [0.717, 1.165) is 5.01 Å². The van der Waals surface area contributed by atoms with Gasteiger partial charge in [-0.05, 0) is 13.8 Å². The number of amides is 1. The summed E-state index contributed by atoms with van der Waals surface area (Å²) in [5.41, 5.74) is 0.651. The van der Waals surface area contributed by atoms with Crippen LogP contribution in [0.5, 0.6) is 0 Å². The molecule has 7 heteroatoms. The maximum absolute atomic E-state index is 12.3. The summed E-state index contributed by atoms with van der Waals surface area (Å²) in [7, 11) is 0. The third-order valence-corrected chi connectivity index (χ3v) is 3.83. The van der Waals surface area contributed by atoms with Gasteiger partial charge in [-0.2, -0.15) is 0 Å². The quantitative estimate of drug-likeness (QED) is 0.855. The predicted octanol–water partition coefficient (Wildman–Crippen LogP) is 0.686. The van der Waals surface area contributed by atoms with E-state index in [9.17, 15) is 9.59 Å².